The molecule has 0 bridgehead atoms. The van der Waals surface area contributed by atoms with Gasteiger partial charge in [-0.1, -0.05) is 30.3 Å². The number of carbonyl (C=O) groups excluding carboxylic acids is 3. The Balaban J connectivity index is 1.75. The van der Waals surface area contributed by atoms with E-state index in [1.54, 1.807) is 18.2 Å². The van der Waals surface area contributed by atoms with Crippen molar-refractivity contribution in [3.05, 3.63) is 59.7 Å². The molecule has 6 nitrogen and oxygen atoms in total. The molecule has 0 unspecified atom stereocenters. The molecular weight excluding hydrogens is 377 g/mol. The van der Waals surface area contributed by atoms with Crippen LogP contribution in [-0.4, -0.2) is 42.5 Å². The number of esters is 1. The molecule has 3 rings (SSSR count). The number of nitrogens with one attached hydrogen (secondary N) is 1. The Bertz CT molecular complexity index is 910. The Morgan fingerprint density at radius 2 is 1.75 bits per heavy atom. The third-order valence-electron chi connectivity index (χ3n) is 4.15. The standard InChI is InChI=1S/C19H15F3N2O4/c20-19(21,22)13-7-5-12(6-8-13)14-3-1-2-4-15(14)17(26)28-11-16(25)24-10-9-23-18(24)27/h1-8H,9-11H2,(H,23,27). The maximum Gasteiger partial charge on any atom is 0.416 e. The molecule has 0 radical (unpaired) electrons. The van der Waals surface area contributed by atoms with Crippen molar-refractivity contribution in [2.75, 3.05) is 19.7 Å². The van der Waals surface area contributed by atoms with Gasteiger partial charge in [0.05, 0.1) is 11.1 Å². The van der Waals surface area contributed by atoms with Crippen LogP contribution in [0, 0.1) is 0 Å². The number of hydrogen-bond acceptors (Lipinski definition) is 4. The third-order valence-corrected chi connectivity index (χ3v) is 4.15. The first-order chi connectivity index (χ1) is 13.3. The van der Waals surface area contributed by atoms with Gasteiger partial charge in [0.2, 0.25) is 0 Å². The van der Waals surface area contributed by atoms with Crippen molar-refractivity contribution in [2.24, 2.45) is 0 Å². The van der Waals surface area contributed by atoms with Crippen molar-refractivity contribution >= 4 is 17.9 Å². The van der Waals surface area contributed by atoms with Gasteiger partial charge in [0.1, 0.15) is 0 Å². The predicted molar refractivity (Wildman–Crippen MR) is 92.3 cm³/mol. The van der Waals surface area contributed by atoms with E-state index in [1.165, 1.54) is 18.2 Å². The van der Waals surface area contributed by atoms with Crippen LogP contribution >= 0.6 is 0 Å². The summed E-state index contributed by atoms with van der Waals surface area (Å²) in [6.45, 7) is -0.0970. The predicted octanol–water partition coefficient (Wildman–Crippen LogP) is 3.08. The molecule has 28 heavy (non-hydrogen) atoms. The van der Waals surface area contributed by atoms with Gasteiger partial charge in [-0.25, -0.2) is 9.59 Å². The lowest BCUT2D eigenvalue weighted by Crippen LogP contribution is -2.37. The molecule has 9 heteroatoms. The zero-order valence-corrected chi connectivity index (χ0v) is 14.5. The summed E-state index contributed by atoms with van der Waals surface area (Å²) in [5.41, 5.74) is 0.0603. The first-order valence-corrected chi connectivity index (χ1v) is 8.29. The molecule has 2 aromatic carbocycles. The second-order valence-corrected chi connectivity index (χ2v) is 5.97. The molecule has 1 aliphatic heterocycles. The first-order valence-electron chi connectivity index (χ1n) is 8.29. The highest BCUT2D eigenvalue weighted by atomic mass is 19.4. The summed E-state index contributed by atoms with van der Waals surface area (Å²) < 4.78 is 43.2. The Hall–Kier alpha value is -3.36. The van der Waals surface area contributed by atoms with Crippen molar-refractivity contribution in [3.8, 4) is 11.1 Å². The quantitative estimate of drug-likeness (QED) is 0.812. The minimum Gasteiger partial charge on any atom is -0.452 e. The maximum atomic E-state index is 12.7. The number of carbonyl (C=O) groups is 3. The number of imide groups is 1. The van der Waals surface area contributed by atoms with Crippen LogP contribution in [0.2, 0.25) is 0 Å². The van der Waals surface area contributed by atoms with E-state index >= 15 is 0 Å². The van der Waals surface area contributed by atoms with E-state index in [1.807, 2.05) is 0 Å². The number of ether oxygens (including phenoxy) is 1. The molecule has 0 spiro atoms. The molecule has 0 aromatic heterocycles. The summed E-state index contributed by atoms with van der Waals surface area (Å²) in [4.78, 5) is 36.7. The van der Waals surface area contributed by atoms with Gasteiger partial charge in [0.25, 0.3) is 5.91 Å². The van der Waals surface area contributed by atoms with Crippen LogP contribution in [0.5, 0.6) is 0 Å². The van der Waals surface area contributed by atoms with E-state index in [9.17, 15) is 27.6 Å². The van der Waals surface area contributed by atoms with Gasteiger partial charge in [0.15, 0.2) is 6.61 Å². The van der Waals surface area contributed by atoms with Crippen molar-refractivity contribution in [3.63, 3.8) is 0 Å². The lowest BCUT2D eigenvalue weighted by atomic mass is 9.98. The van der Waals surface area contributed by atoms with Crippen molar-refractivity contribution in [1.82, 2.24) is 10.2 Å². The van der Waals surface area contributed by atoms with Gasteiger partial charge in [0, 0.05) is 13.1 Å². The highest BCUT2D eigenvalue weighted by Crippen LogP contribution is 2.32. The van der Waals surface area contributed by atoms with Crippen LogP contribution < -0.4 is 5.32 Å². The van der Waals surface area contributed by atoms with Gasteiger partial charge in [-0.15, -0.1) is 0 Å². The van der Waals surface area contributed by atoms with Crippen molar-refractivity contribution < 1.29 is 32.3 Å². The maximum absolute atomic E-state index is 12.7. The number of rotatable bonds is 4. The molecular formula is C19H15F3N2O4. The lowest BCUT2D eigenvalue weighted by molar-refractivity contribution is -0.137. The third kappa shape index (κ3) is 4.13. The molecule has 0 saturated carbocycles. The first kappa shape index (κ1) is 19.4. The fourth-order valence-electron chi connectivity index (χ4n) is 2.74. The zero-order valence-electron chi connectivity index (χ0n) is 14.5. The molecule has 0 atom stereocenters. The van der Waals surface area contributed by atoms with Gasteiger partial charge in [-0.05, 0) is 29.3 Å². The number of benzene rings is 2. The number of urea groups is 1. The Morgan fingerprint density at radius 3 is 2.36 bits per heavy atom. The Kier molecular flexibility index (Phi) is 5.34. The minimum absolute atomic E-state index is 0.0981. The fraction of sp³-hybridized carbons (Fsp3) is 0.211. The average Bonchev–Trinajstić information content (AvgIpc) is 3.11. The van der Waals surface area contributed by atoms with Crippen LogP contribution in [0.1, 0.15) is 15.9 Å². The summed E-state index contributed by atoms with van der Waals surface area (Å²) in [6, 6.07) is 10.0. The number of halogens is 3. The number of nitrogens with zero attached hydrogens (tertiary/aromatic N) is 1. The van der Waals surface area contributed by atoms with Gasteiger partial charge in [-0.2, -0.15) is 13.2 Å². The van der Waals surface area contributed by atoms with Crippen LogP contribution in [-0.2, 0) is 15.7 Å². The summed E-state index contributed by atoms with van der Waals surface area (Å²) in [6.07, 6.45) is -4.46. The molecule has 1 fully saturated rings. The molecule has 146 valence electrons. The lowest BCUT2D eigenvalue weighted by Gasteiger charge is -2.14. The van der Waals surface area contributed by atoms with Crippen LogP contribution in [0.3, 0.4) is 0 Å². The minimum atomic E-state index is -4.46. The Labute approximate surface area is 157 Å². The number of alkyl halides is 3. The van der Waals surface area contributed by atoms with Crippen LogP contribution in [0.25, 0.3) is 11.1 Å². The van der Waals surface area contributed by atoms with Gasteiger partial charge in [-0.3, -0.25) is 9.69 Å². The van der Waals surface area contributed by atoms with E-state index in [2.05, 4.69) is 5.32 Å². The van der Waals surface area contributed by atoms with E-state index in [0.717, 1.165) is 17.0 Å². The van der Waals surface area contributed by atoms with Gasteiger partial charge >= 0.3 is 18.2 Å². The second kappa shape index (κ2) is 7.71. The van der Waals surface area contributed by atoms with E-state index in [4.69, 9.17) is 4.74 Å². The van der Waals surface area contributed by atoms with E-state index in [-0.39, 0.29) is 12.1 Å². The van der Waals surface area contributed by atoms with E-state index < -0.39 is 36.3 Å². The topological polar surface area (TPSA) is 75.7 Å². The molecule has 3 amide bonds. The summed E-state index contributed by atoms with van der Waals surface area (Å²) in [5, 5.41) is 2.46. The largest absolute Gasteiger partial charge is 0.452 e. The molecule has 0 aliphatic carbocycles. The number of hydrogen-bond donors (Lipinski definition) is 1. The van der Waals surface area contributed by atoms with Crippen molar-refractivity contribution in [2.45, 2.75) is 6.18 Å². The summed E-state index contributed by atoms with van der Waals surface area (Å²) >= 11 is 0. The zero-order chi connectivity index (χ0) is 20.3. The monoisotopic (exact) mass is 392 g/mol. The molecule has 1 N–H and O–H groups in total. The average molecular weight is 392 g/mol. The molecule has 2 aromatic rings. The highest BCUT2D eigenvalue weighted by Gasteiger charge is 2.30. The van der Waals surface area contributed by atoms with Crippen LogP contribution in [0.4, 0.5) is 18.0 Å². The highest BCUT2D eigenvalue weighted by molar-refractivity contribution is 6.00. The SMILES string of the molecule is O=C(OCC(=O)N1CCNC1=O)c1ccccc1-c1ccc(C(F)(F)F)cc1. The van der Waals surface area contributed by atoms with E-state index in [0.29, 0.717) is 17.7 Å². The normalized spacial score (nSPS) is 14.0. The summed E-state index contributed by atoms with van der Waals surface area (Å²) in [5.74, 6) is -1.47. The van der Waals surface area contributed by atoms with Crippen molar-refractivity contribution in [1.29, 1.82) is 0 Å². The molecule has 1 aliphatic rings. The summed E-state index contributed by atoms with van der Waals surface area (Å²) in [7, 11) is 0. The fourth-order valence-corrected chi connectivity index (χ4v) is 2.74. The Morgan fingerprint density at radius 1 is 1.07 bits per heavy atom. The molecule has 1 saturated heterocycles. The number of amides is 3. The van der Waals surface area contributed by atoms with Gasteiger partial charge < -0.3 is 10.1 Å². The smallest absolute Gasteiger partial charge is 0.416 e. The van der Waals surface area contributed by atoms with Crippen LogP contribution in [0.15, 0.2) is 48.5 Å². The molecule has 1 heterocycles. The second-order valence-electron chi connectivity index (χ2n) is 5.97.